The van der Waals surface area contributed by atoms with Crippen molar-refractivity contribution in [3.8, 4) is 11.5 Å². The van der Waals surface area contributed by atoms with Gasteiger partial charge in [-0.25, -0.2) is 0 Å². The van der Waals surface area contributed by atoms with E-state index in [2.05, 4.69) is 42.1 Å². The second-order valence-corrected chi connectivity index (χ2v) is 8.78. The molecule has 3 unspecified atom stereocenters. The first-order valence-electron chi connectivity index (χ1n) is 10.2. The smallest absolute Gasteiger partial charge is 0.161 e. The van der Waals surface area contributed by atoms with E-state index in [0.29, 0.717) is 11.6 Å². The number of methoxy groups -OCH3 is 2. The Morgan fingerprint density at radius 2 is 1.73 bits per heavy atom. The average molecular weight is 359 g/mol. The summed E-state index contributed by atoms with van der Waals surface area (Å²) < 4.78 is 11.1. The van der Waals surface area contributed by atoms with E-state index in [9.17, 15) is 0 Å². The molecule has 2 aliphatic heterocycles. The number of benzene rings is 1. The summed E-state index contributed by atoms with van der Waals surface area (Å²) in [4.78, 5) is 5.31. The van der Waals surface area contributed by atoms with Gasteiger partial charge in [0.05, 0.1) is 14.2 Å². The topological polar surface area (TPSA) is 24.9 Å². The molecule has 1 spiro atoms. The van der Waals surface area contributed by atoms with Gasteiger partial charge in [-0.3, -0.25) is 0 Å². The van der Waals surface area contributed by atoms with Crippen LogP contribution in [0.3, 0.4) is 0 Å². The minimum Gasteiger partial charge on any atom is -0.493 e. The van der Waals surface area contributed by atoms with Crippen molar-refractivity contribution in [2.75, 3.05) is 41.4 Å². The first-order valence-corrected chi connectivity index (χ1v) is 10.2. The minimum atomic E-state index is 0.262. The van der Waals surface area contributed by atoms with Gasteiger partial charge in [-0.15, -0.1) is 0 Å². The molecular weight excluding hydrogens is 324 g/mol. The van der Waals surface area contributed by atoms with Gasteiger partial charge in [0.25, 0.3) is 0 Å². The third kappa shape index (κ3) is 2.65. The zero-order valence-corrected chi connectivity index (χ0v) is 16.9. The SMILES string of the molecule is COc1ccc(C23CCN(C)C2CC2(CCCCN2C)CC3)cc1OC. The molecule has 2 heterocycles. The first kappa shape index (κ1) is 18.1. The lowest BCUT2D eigenvalue weighted by atomic mass is 9.59. The fourth-order valence-corrected chi connectivity index (χ4v) is 6.11. The normalized spacial score (nSPS) is 35.5. The predicted molar refractivity (Wildman–Crippen MR) is 105 cm³/mol. The zero-order chi connectivity index (χ0) is 18.4. The lowest BCUT2D eigenvalue weighted by Crippen LogP contribution is -2.59. The number of likely N-dealkylation sites (N-methyl/N-ethyl adjacent to an activating group) is 1. The molecule has 4 nitrogen and oxygen atoms in total. The van der Waals surface area contributed by atoms with Crippen molar-refractivity contribution >= 4 is 0 Å². The van der Waals surface area contributed by atoms with Crippen molar-refractivity contribution in [2.45, 2.75) is 61.9 Å². The molecule has 1 saturated carbocycles. The highest BCUT2D eigenvalue weighted by atomic mass is 16.5. The highest BCUT2D eigenvalue weighted by Crippen LogP contribution is 2.54. The van der Waals surface area contributed by atoms with Crippen molar-refractivity contribution in [1.29, 1.82) is 0 Å². The maximum absolute atomic E-state index is 5.62. The number of ether oxygens (including phenoxy) is 2. The fraction of sp³-hybridized carbons (Fsp3) is 0.727. The maximum Gasteiger partial charge on any atom is 0.161 e. The zero-order valence-electron chi connectivity index (χ0n) is 16.9. The minimum absolute atomic E-state index is 0.262. The van der Waals surface area contributed by atoms with Crippen LogP contribution in [0.2, 0.25) is 0 Å². The van der Waals surface area contributed by atoms with Crippen molar-refractivity contribution < 1.29 is 9.47 Å². The van der Waals surface area contributed by atoms with Crippen LogP contribution in [-0.2, 0) is 5.41 Å². The maximum atomic E-state index is 5.62. The Kier molecular flexibility index (Phi) is 4.68. The Hall–Kier alpha value is -1.26. The Labute approximate surface area is 158 Å². The number of nitrogens with zero attached hydrogens (tertiary/aromatic N) is 2. The van der Waals surface area contributed by atoms with Crippen LogP contribution in [0.25, 0.3) is 0 Å². The number of piperidine rings is 1. The van der Waals surface area contributed by atoms with Crippen molar-refractivity contribution in [3.63, 3.8) is 0 Å². The Morgan fingerprint density at radius 3 is 2.46 bits per heavy atom. The Morgan fingerprint density at radius 1 is 0.923 bits per heavy atom. The number of likely N-dealkylation sites (tertiary alicyclic amines) is 2. The van der Waals surface area contributed by atoms with Crippen LogP contribution in [0, 0.1) is 0 Å². The molecule has 1 aliphatic carbocycles. The van der Waals surface area contributed by atoms with Crippen LogP contribution in [0.5, 0.6) is 11.5 Å². The van der Waals surface area contributed by atoms with Gasteiger partial charge < -0.3 is 19.3 Å². The Balaban J connectivity index is 1.69. The summed E-state index contributed by atoms with van der Waals surface area (Å²) in [5.41, 5.74) is 2.12. The summed E-state index contributed by atoms with van der Waals surface area (Å²) in [6.07, 6.45) is 9.28. The van der Waals surface area contributed by atoms with Crippen LogP contribution in [-0.4, -0.2) is 62.8 Å². The predicted octanol–water partition coefficient (Wildman–Crippen LogP) is 3.68. The van der Waals surface area contributed by atoms with Crippen LogP contribution in [0.15, 0.2) is 18.2 Å². The molecule has 2 saturated heterocycles. The molecule has 0 N–H and O–H groups in total. The highest BCUT2D eigenvalue weighted by molar-refractivity contribution is 5.46. The second kappa shape index (κ2) is 6.72. The van der Waals surface area contributed by atoms with Gasteiger partial charge in [0.1, 0.15) is 0 Å². The van der Waals surface area contributed by atoms with E-state index in [1.54, 1.807) is 14.2 Å². The van der Waals surface area contributed by atoms with Crippen molar-refractivity contribution in [2.24, 2.45) is 0 Å². The number of hydrogen-bond acceptors (Lipinski definition) is 4. The van der Waals surface area contributed by atoms with Crippen molar-refractivity contribution in [1.82, 2.24) is 9.80 Å². The van der Waals surface area contributed by atoms with E-state index < -0.39 is 0 Å². The summed E-state index contributed by atoms with van der Waals surface area (Å²) in [7, 11) is 8.14. The summed E-state index contributed by atoms with van der Waals surface area (Å²) in [6, 6.07) is 7.24. The molecule has 4 rings (SSSR count). The third-order valence-corrected chi connectivity index (χ3v) is 7.84. The van der Waals surface area contributed by atoms with E-state index in [4.69, 9.17) is 9.47 Å². The quantitative estimate of drug-likeness (QED) is 0.823. The molecule has 3 atom stereocenters. The standard InChI is InChI=1S/C22H34N2O2/c1-23-14-12-22(17-7-8-18(25-3)19(15-17)26-4)11-10-21(16-20(22)23)9-5-6-13-24(21)2/h7-8,15,20H,5-6,9-14,16H2,1-4H3. The lowest BCUT2D eigenvalue weighted by molar-refractivity contribution is -0.00861. The van der Waals surface area contributed by atoms with Gasteiger partial charge in [0.2, 0.25) is 0 Å². The van der Waals surface area contributed by atoms with Gasteiger partial charge >= 0.3 is 0 Å². The molecule has 1 aromatic carbocycles. The summed E-state index contributed by atoms with van der Waals surface area (Å²) >= 11 is 0. The number of fused-ring (bicyclic) bond motifs is 1. The van der Waals surface area contributed by atoms with Crippen LogP contribution in [0.4, 0.5) is 0 Å². The molecule has 0 amide bonds. The summed E-state index contributed by atoms with van der Waals surface area (Å²) in [5, 5.41) is 0. The van der Waals surface area contributed by atoms with E-state index >= 15 is 0 Å². The molecule has 0 aromatic heterocycles. The van der Waals surface area contributed by atoms with Gasteiger partial charge in [-0.05, 0) is 83.4 Å². The molecule has 4 heteroatoms. The van der Waals surface area contributed by atoms with E-state index in [-0.39, 0.29) is 5.41 Å². The Bertz CT molecular complexity index is 664. The monoisotopic (exact) mass is 358 g/mol. The van der Waals surface area contributed by atoms with E-state index in [0.717, 1.165) is 11.5 Å². The summed E-state index contributed by atoms with van der Waals surface area (Å²) in [6.45, 7) is 2.46. The number of rotatable bonds is 3. The van der Waals surface area contributed by atoms with Gasteiger partial charge in [0, 0.05) is 17.0 Å². The second-order valence-electron chi connectivity index (χ2n) is 8.78. The lowest BCUT2D eigenvalue weighted by Gasteiger charge is -2.55. The van der Waals surface area contributed by atoms with Gasteiger partial charge in [-0.2, -0.15) is 0 Å². The molecule has 26 heavy (non-hydrogen) atoms. The molecule has 3 aliphatic rings. The van der Waals surface area contributed by atoms with Gasteiger partial charge in [0.15, 0.2) is 11.5 Å². The van der Waals surface area contributed by atoms with Gasteiger partial charge in [-0.1, -0.05) is 12.5 Å². The largest absolute Gasteiger partial charge is 0.493 e. The third-order valence-electron chi connectivity index (χ3n) is 7.84. The number of hydrogen-bond donors (Lipinski definition) is 0. The van der Waals surface area contributed by atoms with E-state index in [1.165, 1.54) is 63.6 Å². The molecule has 144 valence electrons. The molecule has 1 aromatic rings. The fourth-order valence-electron chi connectivity index (χ4n) is 6.11. The van der Waals surface area contributed by atoms with Crippen LogP contribution >= 0.6 is 0 Å². The van der Waals surface area contributed by atoms with Crippen LogP contribution < -0.4 is 9.47 Å². The van der Waals surface area contributed by atoms with Crippen LogP contribution in [0.1, 0.15) is 50.5 Å². The first-order chi connectivity index (χ1) is 12.5. The van der Waals surface area contributed by atoms with E-state index in [1.807, 2.05) is 0 Å². The summed E-state index contributed by atoms with van der Waals surface area (Å²) in [5.74, 6) is 1.69. The molecule has 0 bridgehead atoms. The molecule has 3 fully saturated rings. The average Bonchev–Trinajstić information content (AvgIpc) is 3.01. The highest BCUT2D eigenvalue weighted by Gasteiger charge is 2.55. The van der Waals surface area contributed by atoms with Crippen molar-refractivity contribution in [3.05, 3.63) is 23.8 Å². The molecule has 0 radical (unpaired) electrons. The molecular formula is C22H34N2O2.